The fourth-order valence-electron chi connectivity index (χ4n) is 3.36. The molecule has 0 aliphatic rings. The number of hydrogen-bond acceptors (Lipinski definition) is 5. The summed E-state index contributed by atoms with van der Waals surface area (Å²) >= 11 is 0. The molecule has 28 heavy (non-hydrogen) atoms. The van der Waals surface area contributed by atoms with Crippen molar-refractivity contribution >= 4 is 28.0 Å². The largest absolute Gasteiger partial charge is 0.358 e. The van der Waals surface area contributed by atoms with E-state index in [-0.39, 0.29) is 11.9 Å². The Labute approximate surface area is 159 Å². The van der Waals surface area contributed by atoms with Crippen LogP contribution in [0.3, 0.4) is 0 Å². The van der Waals surface area contributed by atoms with Gasteiger partial charge in [0.05, 0.1) is 23.4 Å². The highest BCUT2D eigenvalue weighted by molar-refractivity contribution is 5.82. The predicted octanol–water partition coefficient (Wildman–Crippen LogP) is 4.00. The lowest BCUT2D eigenvalue weighted by atomic mass is 10.2. The molecular formula is C20H16FN7. The van der Waals surface area contributed by atoms with Gasteiger partial charge in [-0.05, 0) is 31.2 Å². The van der Waals surface area contributed by atoms with Gasteiger partial charge in [0.15, 0.2) is 11.5 Å². The molecule has 8 heteroatoms. The summed E-state index contributed by atoms with van der Waals surface area (Å²) in [5, 5.41) is 3.37. The predicted molar refractivity (Wildman–Crippen MR) is 105 cm³/mol. The number of para-hydroxylation sites is 1. The quantitative estimate of drug-likeness (QED) is 0.497. The summed E-state index contributed by atoms with van der Waals surface area (Å²) < 4.78 is 15.8. The van der Waals surface area contributed by atoms with Gasteiger partial charge in [-0.3, -0.25) is 4.57 Å². The van der Waals surface area contributed by atoms with Gasteiger partial charge in [0.2, 0.25) is 0 Å². The summed E-state index contributed by atoms with van der Waals surface area (Å²) in [7, 11) is 0. The molecule has 0 saturated heterocycles. The number of anilines is 1. The number of benzene rings is 2. The van der Waals surface area contributed by atoms with Crippen LogP contribution in [0, 0.1) is 5.82 Å². The Morgan fingerprint density at radius 1 is 1.07 bits per heavy atom. The zero-order valence-electron chi connectivity index (χ0n) is 15.0. The Bertz CT molecular complexity index is 1280. The van der Waals surface area contributed by atoms with Crippen LogP contribution in [0.25, 0.3) is 27.9 Å². The summed E-state index contributed by atoms with van der Waals surface area (Å²) in [5.74, 6) is 1.07. The van der Waals surface area contributed by atoms with Gasteiger partial charge in [0.1, 0.15) is 23.5 Å². The first-order valence-corrected chi connectivity index (χ1v) is 8.84. The van der Waals surface area contributed by atoms with Crippen LogP contribution in [-0.4, -0.2) is 29.5 Å². The van der Waals surface area contributed by atoms with Crippen LogP contribution in [0.2, 0.25) is 0 Å². The summed E-state index contributed by atoms with van der Waals surface area (Å²) in [6, 6.07) is 14.3. The average Bonchev–Trinajstić information content (AvgIpc) is 3.33. The van der Waals surface area contributed by atoms with Crippen LogP contribution in [0.4, 0.5) is 10.2 Å². The second kappa shape index (κ2) is 6.41. The van der Waals surface area contributed by atoms with Crippen LogP contribution in [-0.2, 0) is 0 Å². The highest BCUT2D eigenvalue weighted by Gasteiger charge is 2.20. The van der Waals surface area contributed by atoms with E-state index in [2.05, 4.69) is 25.3 Å². The molecule has 2 N–H and O–H groups in total. The Morgan fingerprint density at radius 2 is 1.93 bits per heavy atom. The standard InChI is InChI=1S/C20H16FN7/c1-12(26-19-17-18(23-10-22-17)24-11-25-19)20-27-15-9-13(21)7-8-16(15)28(20)14-5-3-2-4-6-14/h2-12H,1H3,(H2,22,23,24,25,26). The second-order valence-corrected chi connectivity index (χ2v) is 6.46. The molecule has 1 unspecified atom stereocenters. The first-order valence-electron chi connectivity index (χ1n) is 8.84. The van der Waals surface area contributed by atoms with Gasteiger partial charge in [0, 0.05) is 11.8 Å². The van der Waals surface area contributed by atoms with Crippen molar-refractivity contribution in [1.82, 2.24) is 29.5 Å². The molecule has 1 atom stereocenters. The topological polar surface area (TPSA) is 84.3 Å². The van der Waals surface area contributed by atoms with Crippen molar-refractivity contribution in [2.75, 3.05) is 5.32 Å². The van der Waals surface area contributed by atoms with Gasteiger partial charge < -0.3 is 10.3 Å². The molecule has 138 valence electrons. The Balaban J connectivity index is 1.64. The van der Waals surface area contributed by atoms with Gasteiger partial charge in [-0.15, -0.1) is 0 Å². The Kier molecular flexibility index (Phi) is 3.75. The van der Waals surface area contributed by atoms with Crippen LogP contribution in [0.1, 0.15) is 18.8 Å². The molecule has 0 radical (unpaired) electrons. The van der Waals surface area contributed by atoms with Gasteiger partial charge in [-0.25, -0.2) is 24.3 Å². The average molecular weight is 373 g/mol. The summed E-state index contributed by atoms with van der Waals surface area (Å²) in [6.07, 6.45) is 3.05. The smallest absolute Gasteiger partial charge is 0.182 e. The minimum Gasteiger partial charge on any atom is -0.358 e. The van der Waals surface area contributed by atoms with Crippen molar-refractivity contribution in [3.8, 4) is 5.69 Å². The Hall–Kier alpha value is -3.81. The van der Waals surface area contributed by atoms with E-state index >= 15 is 0 Å². The molecular weight excluding hydrogens is 357 g/mol. The van der Waals surface area contributed by atoms with E-state index in [9.17, 15) is 4.39 Å². The number of aromatic amines is 1. The van der Waals surface area contributed by atoms with Gasteiger partial charge in [-0.2, -0.15) is 0 Å². The molecule has 3 heterocycles. The molecule has 0 aliphatic heterocycles. The molecule has 0 spiro atoms. The number of nitrogens with zero attached hydrogens (tertiary/aromatic N) is 5. The highest BCUT2D eigenvalue weighted by Crippen LogP contribution is 2.28. The van der Waals surface area contributed by atoms with Gasteiger partial charge in [-0.1, -0.05) is 18.2 Å². The third-order valence-electron chi connectivity index (χ3n) is 4.62. The molecule has 0 aliphatic carbocycles. The van der Waals surface area contributed by atoms with Crippen molar-refractivity contribution < 1.29 is 4.39 Å². The summed E-state index contributed by atoms with van der Waals surface area (Å²) in [4.78, 5) is 20.4. The Morgan fingerprint density at radius 3 is 2.79 bits per heavy atom. The molecule has 7 nitrogen and oxygen atoms in total. The van der Waals surface area contributed by atoms with Gasteiger partial charge in [0.25, 0.3) is 0 Å². The molecule has 2 aromatic carbocycles. The summed E-state index contributed by atoms with van der Waals surface area (Å²) in [6.45, 7) is 1.99. The first-order chi connectivity index (χ1) is 13.7. The third kappa shape index (κ3) is 2.66. The van der Waals surface area contributed by atoms with E-state index in [0.29, 0.717) is 17.0 Å². The highest BCUT2D eigenvalue weighted by atomic mass is 19.1. The maximum Gasteiger partial charge on any atom is 0.182 e. The van der Waals surface area contributed by atoms with E-state index in [0.717, 1.165) is 22.5 Å². The molecule has 5 aromatic rings. The molecule has 5 rings (SSSR count). The number of aromatic nitrogens is 6. The minimum atomic E-state index is -0.313. The number of imidazole rings is 2. The van der Waals surface area contributed by atoms with Crippen molar-refractivity contribution in [1.29, 1.82) is 0 Å². The molecule has 0 fully saturated rings. The lowest BCUT2D eigenvalue weighted by Gasteiger charge is -2.17. The number of fused-ring (bicyclic) bond motifs is 2. The van der Waals surface area contributed by atoms with E-state index in [1.54, 1.807) is 12.4 Å². The van der Waals surface area contributed by atoms with Crippen molar-refractivity contribution in [3.63, 3.8) is 0 Å². The zero-order valence-corrected chi connectivity index (χ0v) is 15.0. The number of halogens is 1. The van der Waals surface area contributed by atoms with Crippen LogP contribution in [0.15, 0.2) is 61.2 Å². The lowest BCUT2D eigenvalue weighted by molar-refractivity contribution is 0.629. The van der Waals surface area contributed by atoms with Crippen molar-refractivity contribution in [2.45, 2.75) is 13.0 Å². The van der Waals surface area contributed by atoms with Crippen LogP contribution >= 0.6 is 0 Å². The van der Waals surface area contributed by atoms with Crippen LogP contribution in [0.5, 0.6) is 0 Å². The molecule has 0 amide bonds. The first kappa shape index (κ1) is 16.4. The van der Waals surface area contributed by atoms with Gasteiger partial charge >= 0.3 is 0 Å². The maximum atomic E-state index is 13.8. The lowest BCUT2D eigenvalue weighted by Crippen LogP contribution is -2.14. The summed E-state index contributed by atoms with van der Waals surface area (Å²) in [5.41, 5.74) is 3.70. The maximum absolute atomic E-state index is 13.8. The second-order valence-electron chi connectivity index (χ2n) is 6.46. The number of hydrogen-bond donors (Lipinski definition) is 2. The van der Waals surface area contributed by atoms with E-state index in [4.69, 9.17) is 4.98 Å². The van der Waals surface area contributed by atoms with Crippen molar-refractivity contribution in [3.05, 3.63) is 72.8 Å². The SMILES string of the molecule is CC(Nc1ncnc2nc[nH]c12)c1nc2cc(F)ccc2n1-c1ccccc1. The van der Waals surface area contributed by atoms with Crippen LogP contribution < -0.4 is 5.32 Å². The number of nitrogens with one attached hydrogen (secondary N) is 2. The fraction of sp³-hybridized carbons (Fsp3) is 0.100. The molecule has 0 saturated carbocycles. The van der Waals surface area contributed by atoms with E-state index < -0.39 is 0 Å². The third-order valence-corrected chi connectivity index (χ3v) is 4.62. The normalized spacial score (nSPS) is 12.5. The fourth-order valence-corrected chi connectivity index (χ4v) is 3.36. The van der Waals surface area contributed by atoms with Crippen molar-refractivity contribution in [2.24, 2.45) is 0 Å². The number of H-pyrrole nitrogens is 1. The number of rotatable bonds is 4. The molecule has 0 bridgehead atoms. The minimum absolute atomic E-state index is 0.211. The van der Waals surface area contributed by atoms with E-state index in [1.807, 2.05) is 41.8 Å². The monoisotopic (exact) mass is 373 g/mol. The zero-order chi connectivity index (χ0) is 19.1. The van der Waals surface area contributed by atoms with E-state index in [1.165, 1.54) is 18.5 Å². The molecule has 3 aromatic heterocycles.